The first-order valence-corrected chi connectivity index (χ1v) is 6.34. The highest BCUT2D eigenvalue weighted by Gasteiger charge is 2.26. The molecule has 5 heteroatoms. The maximum absolute atomic E-state index is 13.3. The third-order valence-corrected chi connectivity index (χ3v) is 3.81. The minimum absolute atomic E-state index is 0.0483. The Hall–Kier alpha value is -0.905. The maximum atomic E-state index is 13.3. The second-order valence-corrected chi connectivity index (χ2v) is 5.38. The number of hydrogen-bond donors (Lipinski definition) is 2. The van der Waals surface area contributed by atoms with E-state index in [1.54, 1.807) is 6.07 Å². The van der Waals surface area contributed by atoms with Gasteiger partial charge in [0, 0.05) is 25.1 Å². The van der Waals surface area contributed by atoms with Crippen LogP contribution < -0.4 is 5.46 Å². The molecule has 0 radical (unpaired) electrons. The first-order valence-electron chi connectivity index (χ1n) is 6.34. The van der Waals surface area contributed by atoms with Gasteiger partial charge in [-0.3, -0.25) is 4.90 Å². The van der Waals surface area contributed by atoms with Gasteiger partial charge in [-0.05, 0) is 23.5 Å². The van der Waals surface area contributed by atoms with Crippen LogP contribution in [0.4, 0.5) is 4.39 Å². The molecule has 1 fully saturated rings. The van der Waals surface area contributed by atoms with E-state index in [1.165, 1.54) is 12.1 Å². The fourth-order valence-electron chi connectivity index (χ4n) is 2.53. The predicted octanol–water partition coefficient (Wildman–Crippen LogP) is 0.593. The van der Waals surface area contributed by atoms with E-state index in [-0.39, 0.29) is 5.46 Å². The van der Waals surface area contributed by atoms with Crippen molar-refractivity contribution in [3.8, 4) is 0 Å². The first kappa shape index (κ1) is 13.5. The van der Waals surface area contributed by atoms with Gasteiger partial charge in [-0.1, -0.05) is 26.0 Å². The Morgan fingerprint density at radius 1 is 1.28 bits per heavy atom. The smallest absolute Gasteiger partial charge is 0.423 e. The second kappa shape index (κ2) is 5.39. The molecular weight excluding hydrogens is 232 g/mol. The van der Waals surface area contributed by atoms with E-state index in [2.05, 4.69) is 18.7 Å². The molecule has 1 aliphatic heterocycles. The largest absolute Gasteiger partial charge is 0.491 e. The van der Waals surface area contributed by atoms with Crippen LogP contribution in [-0.4, -0.2) is 35.2 Å². The predicted molar refractivity (Wildman–Crippen MR) is 69.8 cm³/mol. The van der Waals surface area contributed by atoms with E-state index >= 15 is 0 Å². The zero-order valence-electron chi connectivity index (χ0n) is 10.8. The van der Waals surface area contributed by atoms with Gasteiger partial charge in [0.05, 0.1) is 0 Å². The summed E-state index contributed by atoms with van der Waals surface area (Å²) < 4.78 is 13.3. The summed E-state index contributed by atoms with van der Waals surface area (Å²) in [5.74, 6) is 0.776. The number of hydrogen-bond acceptors (Lipinski definition) is 3. The topological polar surface area (TPSA) is 43.7 Å². The number of benzene rings is 1. The van der Waals surface area contributed by atoms with Crippen LogP contribution >= 0.6 is 0 Å². The molecule has 1 heterocycles. The molecule has 98 valence electrons. The molecule has 1 saturated heterocycles. The molecule has 1 aliphatic rings. The lowest BCUT2D eigenvalue weighted by Crippen LogP contribution is -2.33. The van der Waals surface area contributed by atoms with Gasteiger partial charge in [0.25, 0.3) is 0 Å². The van der Waals surface area contributed by atoms with Gasteiger partial charge in [0.15, 0.2) is 0 Å². The van der Waals surface area contributed by atoms with Gasteiger partial charge in [-0.25, -0.2) is 4.39 Å². The van der Waals surface area contributed by atoms with Gasteiger partial charge in [-0.2, -0.15) is 0 Å². The lowest BCUT2D eigenvalue weighted by Gasteiger charge is -2.16. The Morgan fingerprint density at radius 2 is 1.89 bits per heavy atom. The van der Waals surface area contributed by atoms with E-state index in [9.17, 15) is 4.39 Å². The van der Waals surface area contributed by atoms with Crippen LogP contribution in [0.25, 0.3) is 0 Å². The Labute approximate surface area is 107 Å². The van der Waals surface area contributed by atoms with Crippen LogP contribution in [0.3, 0.4) is 0 Å². The van der Waals surface area contributed by atoms with Gasteiger partial charge in [0.2, 0.25) is 0 Å². The summed E-state index contributed by atoms with van der Waals surface area (Å²) in [5, 5.41) is 18.2. The molecule has 1 aromatic carbocycles. The van der Waals surface area contributed by atoms with Crippen LogP contribution in [0.1, 0.15) is 19.4 Å². The van der Waals surface area contributed by atoms with Crippen LogP contribution in [-0.2, 0) is 6.54 Å². The third kappa shape index (κ3) is 2.91. The normalized spacial score (nSPS) is 24.5. The molecule has 2 atom stereocenters. The Kier molecular flexibility index (Phi) is 4.05. The molecule has 0 aliphatic carbocycles. The molecule has 18 heavy (non-hydrogen) atoms. The summed E-state index contributed by atoms with van der Waals surface area (Å²) in [7, 11) is -1.75. The highest BCUT2D eigenvalue weighted by atomic mass is 19.1. The molecule has 3 nitrogen and oxygen atoms in total. The summed E-state index contributed by atoms with van der Waals surface area (Å²) in [5.41, 5.74) is 0.869. The SMILES string of the molecule is CC1CN(Cc2ccc(F)c(B(O)O)c2)CC1C. The summed E-state index contributed by atoms with van der Waals surface area (Å²) in [6, 6.07) is 4.54. The van der Waals surface area contributed by atoms with Gasteiger partial charge in [0.1, 0.15) is 5.82 Å². The minimum atomic E-state index is -1.75. The van der Waals surface area contributed by atoms with E-state index < -0.39 is 12.9 Å². The van der Waals surface area contributed by atoms with Crippen molar-refractivity contribution in [1.29, 1.82) is 0 Å². The van der Waals surface area contributed by atoms with Crippen molar-refractivity contribution in [3.05, 3.63) is 29.6 Å². The zero-order chi connectivity index (χ0) is 13.3. The lowest BCUT2D eigenvalue weighted by molar-refractivity contribution is 0.316. The molecule has 2 rings (SSSR count). The van der Waals surface area contributed by atoms with E-state index in [1.807, 2.05) is 0 Å². The Bertz CT molecular complexity index is 417. The highest BCUT2D eigenvalue weighted by Crippen LogP contribution is 2.23. The van der Waals surface area contributed by atoms with Gasteiger partial charge >= 0.3 is 7.12 Å². The molecule has 0 saturated carbocycles. The molecule has 0 spiro atoms. The Balaban J connectivity index is 2.08. The van der Waals surface area contributed by atoms with Crippen molar-refractivity contribution in [1.82, 2.24) is 4.90 Å². The average molecular weight is 251 g/mol. The monoisotopic (exact) mass is 251 g/mol. The van der Waals surface area contributed by atoms with E-state index in [0.29, 0.717) is 11.8 Å². The number of halogens is 1. The van der Waals surface area contributed by atoms with Gasteiger partial charge < -0.3 is 10.0 Å². The van der Waals surface area contributed by atoms with Crippen LogP contribution in [0.2, 0.25) is 0 Å². The second-order valence-electron chi connectivity index (χ2n) is 5.38. The van der Waals surface area contributed by atoms with Crippen molar-refractivity contribution in [3.63, 3.8) is 0 Å². The third-order valence-electron chi connectivity index (χ3n) is 3.81. The van der Waals surface area contributed by atoms with Crippen molar-refractivity contribution in [2.75, 3.05) is 13.1 Å². The maximum Gasteiger partial charge on any atom is 0.491 e. The molecule has 2 N–H and O–H groups in total. The fraction of sp³-hybridized carbons (Fsp3) is 0.538. The summed E-state index contributed by atoms with van der Waals surface area (Å²) in [6.07, 6.45) is 0. The van der Waals surface area contributed by atoms with Crippen molar-refractivity contribution < 1.29 is 14.4 Å². The number of nitrogens with zero attached hydrogens (tertiary/aromatic N) is 1. The van der Waals surface area contributed by atoms with Crippen LogP contribution in [0, 0.1) is 17.7 Å². The van der Waals surface area contributed by atoms with E-state index in [0.717, 1.165) is 25.2 Å². The zero-order valence-corrected chi connectivity index (χ0v) is 10.8. The molecule has 0 aromatic heterocycles. The summed E-state index contributed by atoms with van der Waals surface area (Å²) in [6.45, 7) is 7.27. The number of likely N-dealkylation sites (tertiary alicyclic amines) is 1. The first-order chi connectivity index (χ1) is 8.47. The molecule has 0 bridgehead atoms. The molecule has 0 amide bonds. The summed E-state index contributed by atoms with van der Waals surface area (Å²) >= 11 is 0. The molecular formula is C13H19BFNO2. The van der Waals surface area contributed by atoms with Crippen molar-refractivity contribution in [2.24, 2.45) is 11.8 Å². The lowest BCUT2D eigenvalue weighted by atomic mass is 9.79. The van der Waals surface area contributed by atoms with Crippen molar-refractivity contribution >= 4 is 12.6 Å². The van der Waals surface area contributed by atoms with Gasteiger partial charge in [-0.15, -0.1) is 0 Å². The Morgan fingerprint density at radius 3 is 2.44 bits per heavy atom. The van der Waals surface area contributed by atoms with Crippen LogP contribution in [0.5, 0.6) is 0 Å². The summed E-state index contributed by atoms with van der Waals surface area (Å²) in [4.78, 5) is 2.32. The minimum Gasteiger partial charge on any atom is -0.423 e. The average Bonchev–Trinajstić information content (AvgIpc) is 2.60. The van der Waals surface area contributed by atoms with Crippen LogP contribution in [0.15, 0.2) is 18.2 Å². The molecule has 1 aromatic rings. The number of rotatable bonds is 3. The quantitative estimate of drug-likeness (QED) is 0.773. The molecule has 2 unspecified atom stereocenters. The standard InChI is InChI=1S/C13H19BFNO2/c1-9-6-16(7-10(9)2)8-11-3-4-13(15)12(5-11)14(17)18/h3-5,9-10,17-18H,6-8H2,1-2H3. The van der Waals surface area contributed by atoms with E-state index in [4.69, 9.17) is 10.0 Å². The fourth-order valence-corrected chi connectivity index (χ4v) is 2.53. The highest BCUT2D eigenvalue weighted by molar-refractivity contribution is 6.58. The van der Waals surface area contributed by atoms with Crippen molar-refractivity contribution in [2.45, 2.75) is 20.4 Å².